The minimum atomic E-state index is -0.338. The summed E-state index contributed by atoms with van der Waals surface area (Å²) in [7, 11) is 1.92. The van der Waals surface area contributed by atoms with E-state index in [4.69, 9.17) is 0 Å². The van der Waals surface area contributed by atoms with Crippen LogP contribution in [0.1, 0.15) is 22.3 Å². The lowest BCUT2D eigenvalue weighted by molar-refractivity contribution is 0.0950. The minimum absolute atomic E-state index is 0.128. The van der Waals surface area contributed by atoms with Gasteiger partial charge in [-0.05, 0) is 30.7 Å². The zero-order valence-electron chi connectivity index (χ0n) is 15.0. The van der Waals surface area contributed by atoms with Crippen molar-refractivity contribution in [2.45, 2.75) is 19.1 Å². The average molecular weight is 368 g/mol. The number of carbonyl (C=O) groups is 1. The third kappa shape index (κ3) is 3.38. The number of aliphatic hydroxyl groups is 1. The van der Waals surface area contributed by atoms with Gasteiger partial charge in [0, 0.05) is 37.8 Å². The lowest BCUT2D eigenvalue weighted by Crippen LogP contribution is -2.24. The molecule has 0 saturated carbocycles. The molecule has 3 aromatic rings. The van der Waals surface area contributed by atoms with Crippen molar-refractivity contribution in [1.82, 2.24) is 14.9 Å². The van der Waals surface area contributed by atoms with E-state index in [0.29, 0.717) is 23.2 Å². The summed E-state index contributed by atoms with van der Waals surface area (Å²) in [6.45, 7) is 1.45. The van der Waals surface area contributed by atoms with Crippen LogP contribution in [0.4, 0.5) is 10.3 Å². The quantitative estimate of drug-likeness (QED) is 0.741. The predicted molar refractivity (Wildman–Crippen MR) is 101 cm³/mol. The Morgan fingerprint density at radius 1 is 1.33 bits per heavy atom. The first-order valence-electron chi connectivity index (χ1n) is 8.94. The Balaban J connectivity index is 1.54. The highest BCUT2D eigenvalue weighted by molar-refractivity contribution is 5.97. The first-order valence-corrected chi connectivity index (χ1v) is 8.94. The van der Waals surface area contributed by atoms with Gasteiger partial charge >= 0.3 is 0 Å². The van der Waals surface area contributed by atoms with Gasteiger partial charge in [0.2, 0.25) is 5.95 Å². The van der Waals surface area contributed by atoms with Gasteiger partial charge in [-0.25, -0.2) is 9.37 Å². The number of carbonyl (C=O) groups excluding carboxylic acids is 1. The fourth-order valence-corrected chi connectivity index (χ4v) is 3.45. The number of hydrogen-bond donors (Lipinski definition) is 2. The molecule has 6 nitrogen and oxygen atoms in total. The lowest BCUT2D eigenvalue weighted by atomic mass is 10.1. The van der Waals surface area contributed by atoms with Gasteiger partial charge in [-0.1, -0.05) is 18.2 Å². The van der Waals surface area contributed by atoms with Crippen LogP contribution in [0.25, 0.3) is 11.0 Å². The molecule has 1 aliphatic rings. The Morgan fingerprint density at radius 3 is 2.89 bits per heavy atom. The number of aryl methyl sites for hydroxylation is 1. The normalized spacial score (nSPS) is 16.9. The van der Waals surface area contributed by atoms with Crippen LogP contribution in [0.15, 0.2) is 42.5 Å². The van der Waals surface area contributed by atoms with Crippen molar-refractivity contribution >= 4 is 22.9 Å². The van der Waals surface area contributed by atoms with Crippen molar-refractivity contribution in [1.29, 1.82) is 0 Å². The van der Waals surface area contributed by atoms with E-state index in [2.05, 4.69) is 10.3 Å². The topological polar surface area (TPSA) is 70.4 Å². The molecule has 1 atom stereocenters. The van der Waals surface area contributed by atoms with Crippen LogP contribution in [-0.4, -0.2) is 39.8 Å². The smallest absolute Gasteiger partial charge is 0.251 e. The van der Waals surface area contributed by atoms with E-state index in [1.165, 1.54) is 6.07 Å². The number of anilines is 1. The van der Waals surface area contributed by atoms with Gasteiger partial charge in [-0.2, -0.15) is 0 Å². The zero-order chi connectivity index (χ0) is 19.0. The van der Waals surface area contributed by atoms with Crippen molar-refractivity contribution in [2.75, 3.05) is 18.0 Å². The third-order valence-electron chi connectivity index (χ3n) is 4.96. The van der Waals surface area contributed by atoms with E-state index in [1.807, 2.05) is 22.6 Å². The molecule has 0 aliphatic carbocycles. The molecule has 2 heterocycles. The van der Waals surface area contributed by atoms with Crippen molar-refractivity contribution in [3.8, 4) is 0 Å². The summed E-state index contributed by atoms with van der Waals surface area (Å²) in [4.78, 5) is 19.1. The highest BCUT2D eigenvalue weighted by Crippen LogP contribution is 2.25. The Morgan fingerprint density at radius 2 is 2.15 bits per heavy atom. The second kappa shape index (κ2) is 7.00. The average Bonchev–Trinajstić information content (AvgIpc) is 3.24. The first kappa shape index (κ1) is 17.5. The number of hydrogen-bond acceptors (Lipinski definition) is 4. The number of fused-ring (bicyclic) bond motifs is 1. The van der Waals surface area contributed by atoms with Gasteiger partial charge in [0.15, 0.2) is 0 Å². The van der Waals surface area contributed by atoms with Crippen molar-refractivity contribution in [3.05, 3.63) is 59.4 Å². The molecule has 0 radical (unpaired) electrons. The Labute approximate surface area is 156 Å². The highest BCUT2D eigenvalue weighted by atomic mass is 19.1. The maximum absolute atomic E-state index is 13.7. The Kier molecular flexibility index (Phi) is 4.53. The second-order valence-electron chi connectivity index (χ2n) is 6.84. The fraction of sp³-hybridized carbons (Fsp3) is 0.300. The highest BCUT2D eigenvalue weighted by Gasteiger charge is 2.24. The van der Waals surface area contributed by atoms with Crippen molar-refractivity contribution in [3.63, 3.8) is 0 Å². The molecule has 1 fully saturated rings. The van der Waals surface area contributed by atoms with Gasteiger partial charge in [-0.15, -0.1) is 0 Å². The standard InChI is InChI=1S/C20H21FN4O2/c1-24-18-7-6-13(19(27)22-11-14-4-2-3-5-16(14)21)10-17(18)23-20(24)25-9-8-15(26)12-25/h2-7,10,15,26H,8-9,11-12H2,1H3,(H,22,27)/t15-/m0/s1. The number of β-amino-alcohol motifs (C(OH)–C–C–N with tert-alkyl or cyclic N) is 1. The second-order valence-corrected chi connectivity index (χ2v) is 6.84. The molecule has 4 rings (SSSR count). The molecule has 1 amide bonds. The number of nitrogens with zero attached hydrogens (tertiary/aromatic N) is 3. The SMILES string of the molecule is Cn1c(N2CC[C@H](O)C2)nc2cc(C(=O)NCc3ccccc3F)ccc21. The van der Waals surface area contributed by atoms with Gasteiger partial charge in [0.05, 0.1) is 17.1 Å². The molecular weight excluding hydrogens is 347 g/mol. The van der Waals surface area contributed by atoms with Gasteiger partial charge in [-0.3, -0.25) is 4.79 Å². The molecule has 1 aromatic heterocycles. The van der Waals surface area contributed by atoms with E-state index in [-0.39, 0.29) is 24.4 Å². The molecule has 2 N–H and O–H groups in total. The van der Waals surface area contributed by atoms with Gasteiger partial charge < -0.3 is 19.9 Å². The molecule has 2 aromatic carbocycles. The lowest BCUT2D eigenvalue weighted by Gasteiger charge is -2.16. The zero-order valence-corrected chi connectivity index (χ0v) is 15.0. The maximum atomic E-state index is 13.7. The summed E-state index contributed by atoms with van der Waals surface area (Å²) in [5.74, 6) is 0.171. The fourth-order valence-electron chi connectivity index (χ4n) is 3.45. The number of aromatic nitrogens is 2. The van der Waals surface area contributed by atoms with Crippen LogP contribution in [-0.2, 0) is 13.6 Å². The van der Waals surface area contributed by atoms with E-state index < -0.39 is 0 Å². The monoisotopic (exact) mass is 368 g/mol. The molecule has 7 heteroatoms. The van der Waals surface area contributed by atoms with E-state index in [1.54, 1.807) is 30.3 Å². The van der Waals surface area contributed by atoms with E-state index in [0.717, 1.165) is 24.4 Å². The summed E-state index contributed by atoms with van der Waals surface area (Å²) >= 11 is 0. The summed E-state index contributed by atoms with van der Waals surface area (Å²) in [5, 5.41) is 12.5. The molecule has 0 spiro atoms. The Bertz CT molecular complexity index is 1000. The third-order valence-corrected chi connectivity index (χ3v) is 4.96. The molecular formula is C20H21FN4O2. The summed E-state index contributed by atoms with van der Waals surface area (Å²) in [5.41, 5.74) is 2.55. The van der Waals surface area contributed by atoms with Crippen LogP contribution in [0.5, 0.6) is 0 Å². The maximum Gasteiger partial charge on any atom is 0.251 e. The van der Waals surface area contributed by atoms with Crippen LogP contribution in [0.2, 0.25) is 0 Å². The van der Waals surface area contributed by atoms with Crippen LogP contribution >= 0.6 is 0 Å². The van der Waals surface area contributed by atoms with Gasteiger partial charge in [0.1, 0.15) is 5.82 Å². The molecule has 27 heavy (non-hydrogen) atoms. The van der Waals surface area contributed by atoms with Crippen LogP contribution in [0, 0.1) is 5.82 Å². The molecule has 1 saturated heterocycles. The van der Waals surface area contributed by atoms with Crippen molar-refractivity contribution < 1.29 is 14.3 Å². The predicted octanol–water partition coefficient (Wildman–Crippen LogP) is 2.21. The summed E-state index contributed by atoms with van der Waals surface area (Å²) in [6, 6.07) is 11.7. The Hall–Kier alpha value is -2.93. The minimum Gasteiger partial charge on any atom is -0.391 e. The van der Waals surface area contributed by atoms with Crippen LogP contribution < -0.4 is 10.2 Å². The van der Waals surface area contributed by atoms with E-state index in [9.17, 15) is 14.3 Å². The number of benzene rings is 2. The number of aliphatic hydroxyl groups excluding tert-OH is 1. The van der Waals surface area contributed by atoms with Crippen molar-refractivity contribution in [2.24, 2.45) is 7.05 Å². The number of imidazole rings is 1. The number of amides is 1. The number of nitrogens with one attached hydrogen (secondary N) is 1. The van der Waals surface area contributed by atoms with E-state index >= 15 is 0 Å². The number of rotatable bonds is 4. The summed E-state index contributed by atoms with van der Waals surface area (Å²) < 4.78 is 15.7. The molecule has 0 unspecified atom stereocenters. The summed E-state index contributed by atoms with van der Waals surface area (Å²) in [6.07, 6.45) is 0.400. The van der Waals surface area contributed by atoms with Crippen LogP contribution in [0.3, 0.4) is 0 Å². The molecule has 1 aliphatic heterocycles. The van der Waals surface area contributed by atoms with Gasteiger partial charge in [0.25, 0.3) is 5.91 Å². The molecule has 140 valence electrons. The number of halogens is 1. The largest absolute Gasteiger partial charge is 0.391 e. The molecule has 0 bridgehead atoms. The first-order chi connectivity index (χ1) is 13.0.